The van der Waals surface area contributed by atoms with E-state index in [1.54, 1.807) is 0 Å². The molecule has 1 aromatic heterocycles. The van der Waals surface area contributed by atoms with Crippen LogP contribution in [0.25, 0.3) is 12.2 Å². The van der Waals surface area contributed by atoms with Gasteiger partial charge in [-0.2, -0.15) is 0 Å². The first-order chi connectivity index (χ1) is 5.77. The van der Waals surface area contributed by atoms with E-state index in [1.165, 1.54) is 5.22 Å². The van der Waals surface area contributed by atoms with Gasteiger partial charge in [-0.05, 0) is 24.6 Å². The van der Waals surface area contributed by atoms with E-state index < -0.39 is 0 Å². The number of rotatable bonds is 1. The molecule has 1 rings (SSSR count). The standard InChI is InChI=1S/C10H13NS/c1-3-5-9-8(4-2)6-7-10(12)11-9/h4-7H,3H2,1-2H3,(H,11,12)/b8-4-,9-5+. The summed E-state index contributed by atoms with van der Waals surface area (Å²) in [7, 11) is 0. The summed E-state index contributed by atoms with van der Waals surface area (Å²) in [4.78, 5) is 4.31. The average molecular weight is 179 g/mol. The molecule has 0 aliphatic carbocycles. The topological polar surface area (TPSA) is 12.9 Å². The van der Waals surface area contributed by atoms with Gasteiger partial charge in [-0.1, -0.05) is 25.1 Å². The summed E-state index contributed by atoms with van der Waals surface area (Å²) < 4.78 is 0. The summed E-state index contributed by atoms with van der Waals surface area (Å²) in [5, 5.41) is 2.99. The Kier molecular flexibility index (Phi) is 3.35. The maximum absolute atomic E-state index is 4.31. The van der Waals surface area contributed by atoms with Gasteiger partial charge in [0.15, 0.2) is 0 Å². The zero-order chi connectivity index (χ0) is 8.97. The Morgan fingerprint density at radius 2 is 2.25 bits per heavy atom. The van der Waals surface area contributed by atoms with Crippen molar-refractivity contribution >= 4 is 24.8 Å². The predicted molar refractivity (Wildman–Crippen MR) is 55.6 cm³/mol. The van der Waals surface area contributed by atoms with E-state index in [9.17, 15) is 0 Å². The maximum atomic E-state index is 4.31. The number of aromatic nitrogens is 1. The Balaban J connectivity index is 3.43. The van der Waals surface area contributed by atoms with Crippen molar-refractivity contribution in [2.24, 2.45) is 0 Å². The Morgan fingerprint density at radius 3 is 2.83 bits per heavy atom. The third-order valence-corrected chi connectivity index (χ3v) is 1.90. The van der Waals surface area contributed by atoms with Crippen LogP contribution in [-0.2, 0) is 0 Å². The van der Waals surface area contributed by atoms with Gasteiger partial charge in [0.2, 0.25) is 0 Å². The molecule has 0 unspecified atom stereocenters. The van der Waals surface area contributed by atoms with Crippen molar-refractivity contribution in [1.82, 2.24) is 4.98 Å². The van der Waals surface area contributed by atoms with Crippen LogP contribution in [0.15, 0.2) is 17.2 Å². The molecule has 0 saturated heterocycles. The van der Waals surface area contributed by atoms with E-state index in [-0.39, 0.29) is 0 Å². The van der Waals surface area contributed by atoms with Crippen LogP contribution < -0.4 is 10.6 Å². The van der Waals surface area contributed by atoms with Crippen molar-refractivity contribution < 1.29 is 0 Å². The van der Waals surface area contributed by atoms with Crippen LogP contribution in [0.5, 0.6) is 0 Å². The van der Waals surface area contributed by atoms with E-state index in [2.05, 4.69) is 36.7 Å². The predicted octanol–water partition coefficient (Wildman–Crippen LogP) is 1.36. The molecule has 64 valence electrons. The average Bonchev–Trinajstić information content (AvgIpc) is 2.05. The van der Waals surface area contributed by atoms with Gasteiger partial charge in [0, 0.05) is 0 Å². The van der Waals surface area contributed by atoms with Crippen molar-refractivity contribution in [3.63, 3.8) is 0 Å². The SMILES string of the molecule is C/C=c1/ccc(S)n/c1=C/CC. The molecule has 0 spiro atoms. The molecule has 0 amide bonds. The van der Waals surface area contributed by atoms with Crippen LogP contribution in [0.3, 0.4) is 0 Å². The van der Waals surface area contributed by atoms with Gasteiger partial charge in [-0.25, -0.2) is 4.98 Å². The van der Waals surface area contributed by atoms with Crippen LogP contribution in [0.1, 0.15) is 20.3 Å². The van der Waals surface area contributed by atoms with Crippen LogP contribution in [0, 0.1) is 0 Å². The number of pyridine rings is 1. The van der Waals surface area contributed by atoms with E-state index in [0.717, 1.165) is 16.8 Å². The minimum atomic E-state index is 0.778. The number of thiol groups is 1. The Hall–Kier alpha value is -0.760. The lowest BCUT2D eigenvalue weighted by Gasteiger charge is -1.91. The molecule has 12 heavy (non-hydrogen) atoms. The van der Waals surface area contributed by atoms with Gasteiger partial charge < -0.3 is 0 Å². The summed E-state index contributed by atoms with van der Waals surface area (Å²) in [6.07, 6.45) is 5.17. The van der Waals surface area contributed by atoms with Gasteiger partial charge in [0.1, 0.15) is 0 Å². The normalized spacial score (nSPS) is 13.9. The van der Waals surface area contributed by atoms with E-state index in [0.29, 0.717) is 0 Å². The monoisotopic (exact) mass is 179 g/mol. The molecule has 0 aliphatic rings. The minimum absolute atomic E-state index is 0.778. The molecular weight excluding hydrogens is 166 g/mol. The fourth-order valence-electron chi connectivity index (χ4n) is 1.08. The molecule has 1 nitrogen and oxygen atoms in total. The van der Waals surface area contributed by atoms with Crippen molar-refractivity contribution in [1.29, 1.82) is 0 Å². The second kappa shape index (κ2) is 4.31. The van der Waals surface area contributed by atoms with Crippen LogP contribution in [-0.4, -0.2) is 4.98 Å². The minimum Gasteiger partial charge on any atom is -0.242 e. The van der Waals surface area contributed by atoms with Crippen molar-refractivity contribution in [2.75, 3.05) is 0 Å². The first-order valence-electron chi connectivity index (χ1n) is 4.10. The summed E-state index contributed by atoms with van der Waals surface area (Å²) in [5.41, 5.74) is 0. The number of nitrogens with zero attached hydrogens (tertiary/aromatic N) is 1. The third kappa shape index (κ3) is 2.11. The van der Waals surface area contributed by atoms with Gasteiger partial charge in [0.05, 0.1) is 10.4 Å². The largest absolute Gasteiger partial charge is 0.242 e. The molecule has 2 heteroatoms. The van der Waals surface area contributed by atoms with Crippen molar-refractivity contribution in [2.45, 2.75) is 25.3 Å². The first kappa shape index (κ1) is 9.33. The molecule has 0 atom stereocenters. The van der Waals surface area contributed by atoms with Crippen LogP contribution in [0.2, 0.25) is 0 Å². The second-order valence-electron chi connectivity index (χ2n) is 2.54. The van der Waals surface area contributed by atoms with Gasteiger partial charge in [-0.3, -0.25) is 0 Å². The zero-order valence-electron chi connectivity index (χ0n) is 7.41. The first-order valence-corrected chi connectivity index (χ1v) is 4.55. The smallest absolute Gasteiger partial charge is 0.0936 e. The van der Waals surface area contributed by atoms with Gasteiger partial charge in [-0.15, -0.1) is 12.6 Å². The third-order valence-electron chi connectivity index (χ3n) is 1.65. The summed E-state index contributed by atoms with van der Waals surface area (Å²) >= 11 is 4.19. The molecular formula is C10H13NS. The van der Waals surface area contributed by atoms with Crippen molar-refractivity contribution in [3.05, 3.63) is 22.7 Å². The fraction of sp³-hybridized carbons (Fsp3) is 0.300. The lowest BCUT2D eigenvalue weighted by Crippen LogP contribution is -2.27. The van der Waals surface area contributed by atoms with Gasteiger partial charge >= 0.3 is 0 Å². The second-order valence-corrected chi connectivity index (χ2v) is 3.00. The lowest BCUT2D eigenvalue weighted by atomic mass is 10.3. The van der Waals surface area contributed by atoms with Crippen LogP contribution >= 0.6 is 12.6 Å². The molecule has 0 bridgehead atoms. The number of hydrogen-bond donors (Lipinski definition) is 1. The zero-order valence-corrected chi connectivity index (χ0v) is 8.31. The highest BCUT2D eigenvalue weighted by Gasteiger charge is 1.87. The van der Waals surface area contributed by atoms with E-state index >= 15 is 0 Å². The molecule has 0 aliphatic heterocycles. The quantitative estimate of drug-likeness (QED) is 0.642. The molecule has 0 fully saturated rings. The molecule has 0 N–H and O–H groups in total. The van der Waals surface area contributed by atoms with Gasteiger partial charge in [0.25, 0.3) is 0 Å². The Bertz CT molecular complexity index is 368. The Labute approximate surface area is 78.3 Å². The maximum Gasteiger partial charge on any atom is 0.0936 e. The van der Waals surface area contributed by atoms with Crippen molar-refractivity contribution in [3.8, 4) is 0 Å². The van der Waals surface area contributed by atoms with E-state index in [1.807, 2.05) is 19.1 Å². The summed E-state index contributed by atoms with van der Waals surface area (Å²) in [6.45, 7) is 4.12. The molecule has 0 saturated carbocycles. The molecule has 0 radical (unpaired) electrons. The number of hydrogen-bond acceptors (Lipinski definition) is 2. The highest BCUT2D eigenvalue weighted by Crippen LogP contribution is 1.91. The lowest BCUT2D eigenvalue weighted by molar-refractivity contribution is 1.06. The fourth-order valence-corrected chi connectivity index (χ4v) is 1.26. The summed E-state index contributed by atoms with van der Waals surface area (Å²) in [5.74, 6) is 0. The van der Waals surface area contributed by atoms with E-state index in [4.69, 9.17) is 0 Å². The van der Waals surface area contributed by atoms with Crippen LogP contribution in [0.4, 0.5) is 0 Å². The molecule has 1 heterocycles. The molecule has 1 aromatic rings. The highest BCUT2D eigenvalue weighted by molar-refractivity contribution is 7.80. The Morgan fingerprint density at radius 1 is 1.50 bits per heavy atom. The summed E-state index contributed by atoms with van der Waals surface area (Å²) in [6, 6.07) is 3.95. The molecule has 0 aromatic carbocycles. The highest BCUT2D eigenvalue weighted by atomic mass is 32.1.